The van der Waals surface area contributed by atoms with Crippen LogP contribution in [0.15, 0.2) is 0 Å². The largest absolute Gasteiger partial charge is 0.338 e. The minimum atomic E-state index is -0.286. The Balaban J connectivity index is 3.06. The monoisotopic (exact) mass is 355 g/mol. The number of nitrogens with two attached hydrogens (primary N) is 1. The smallest absolute Gasteiger partial charge is 0.315 e. The van der Waals surface area contributed by atoms with Gasteiger partial charge in [-0.05, 0) is 13.3 Å². The summed E-state index contributed by atoms with van der Waals surface area (Å²) >= 11 is 0. The van der Waals surface area contributed by atoms with Gasteiger partial charge in [0.25, 0.3) is 0 Å². The van der Waals surface area contributed by atoms with E-state index >= 15 is 0 Å². The summed E-state index contributed by atoms with van der Waals surface area (Å²) < 4.78 is 0. The summed E-state index contributed by atoms with van der Waals surface area (Å²) in [4.78, 5) is 11.3. The molecule has 0 aliphatic carbocycles. The second-order valence-electron chi connectivity index (χ2n) is 7.49. The Morgan fingerprint density at radius 3 is 1.44 bits per heavy atom. The molecule has 1 unspecified atom stereocenters. The van der Waals surface area contributed by atoms with Gasteiger partial charge >= 0.3 is 6.03 Å². The van der Waals surface area contributed by atoms with E-state index in [1.54, 1.807) is 6.92 Å². The van der Waals surface area contributed by atoms with Crippen molar-refractivity contribution in [3.63, 3.8) is 0 Å². The lowest BCUT2D eigenvalue weighted by atomic mass is 10.0. The van der Waals surface area contributed by atoms with Crippen LogP contribution in [0.25, 0.3) is 0 Å². The predicted octanol–water partition coefficient (Wildman–Crippen LogP) is 5.85. The Morgan fingerprint density at radius 2 is 1.08 bits per heavy atom. The van der Waals surface area contributed by atoms with Crippen LogP contribution >= 0.6 is 0 Å². The molecule has 0 fully saturated rings. The molecule has 4 N–H and O–H groups in total. The highest BCUT2D eigenvalue weighted by molar-refractivity contribution is 5.73. The number of rotatable bonds is 18. The zero-order valence-corrected chi connectivity index (χ0v) is 17.1. The molecule has 0 radical (unpaired) electrons. The van der Waals surface area contributed by atoms with Gasteiger partial charge < -0.3 is 16.4 Å². The molecule has 25 heavy (non-hydrogen) atoms. The van der Waals surface area contributed by atoms with Gasteiger partial charge in [-0.25, -0.2) is 4.79 Å². The van der Waals surface area contributed by atoms with E-state index in [2.05, 4.69) is 17.6 Å². The third-order valence-corrected chi connectivity index (χ3v) is 4.67. The van der Waals surface area contributed by atoms with Crippen molar-refractivity contribution in [2.24, 2.45) is 5.73 Å². The maximum Gasteiger partial charge on any atom is 0.315 e. The quantitative estimate of drug-likeness (QED) is 0.213. The maximum absolute atomic E-state index is 11.3. The third-order valence-electron chi connectivity index (χ3n) is 4.67. The van der Waals surface area contributed by atoms with E-state index in [1.807, 2.05) is 0 Å². The molecule has 150 valence electrons. The molecule has 0 saturated carbocycles. The van der Waals surface area contributed by atoms with Crippen LogP contribution in [-0.4, -0.2) is 18.7 Å². The highest BCUT2D eigenvalue weighted by Gasteiger charge is 2.00. The molecule has 0 aliphatic rings. The lowest BCUT2D eigenvalue weighted by molar-refractivity contribution is 0.238. The fraction of sp³-hybridized carbons (Fsp3) is 0.952. The van der Waals surface area contributed by atoms with Gasteiger partial charge in [0.15, 0.2) is 0 Å². The second kappa shape index (κ2) is 19.6. The van der Waals surface area contributed by atoms with Crippen molar-refractivity contribution in [1.29, 1.82) is 0 Å². The summed E-state index contributed by atoms with van der Waals surface area (Å²) in [5.74, 6) is 0. The molecule has 4 heteroatoms. The number of carbonyl (C=O) groups excluding carboxylic acids is 1. The highest BCUT2D eigenvalue weighted by Crippen LogP contribution is 2.13. The van der Waals surface area contributed by atoms with E-state index in [0.29, 0.717) is 0 Å². The summed E-state index contributed by atoms with van der Waals surface area (Å²) in [6, 6.07) is -0.157. The number of urea groups is 1. The topological polar surface area (TPSA) is 67.2 Å². The number of hydrogen-bond donors (Lipinski definition) is 3. The van der Waals surface area contributed by atoms with Gasteiger partial charge in [-0.3, -0.25) is 0 Å². The van der Waals surface area contributed by atoms with Crippen LogP contribution in [-0.2, 0) is 0 Å². The number of nitrogens with one attached hydrogen (secondary N) is 2. The summed E-state index contributed by atoms with van der Waals surface area (Å²) in [6.07, 6.45) is 21.6. The Labute approximate surface area is 157 Å². The first-order valence-electron chi connectivity index (χ1n) is 11.0. The molecule has 0 aliphatic heterocycles. The average Bonchev–Trinajstić information content (AvgIpc) is 2.57. The van der Waals surface area contributed by atoms with Crippen molar-refractivity contribution in [2.75, 3.05) is 6.54 Å². The van der Waals surface area contributed by atoms with Crippen LogP contribution in [0.1, 0.15) is 117 Å². The molecule has 0 spiro atoms. The Bertz CT molecular complexity index is 282. The first kappa shape index (κ1) is 24.2. The van der Waals surface area contributed by atoms with E-state index in [1.165, 1.54) is 96.3 Å². The van der Waals surface area contributed by atoms with Crippen LogP contribution in [0.2, 0.25) is 0 Å². The number of carbonyl (C=O) groups is 1. The Kier molecular flexibility index (Phi) is 19.0. The predicted molar refractivity (Wildman–Crippen MR) is 110 cm³/mol. The van der Waals surface area contributed by atoms with Crippen molar-refractivity contribution >= 4 is 6.03 Å². The molecule has 4 nitrogen and oxygen atoms in total. The first-order valence-corrected chi connectivity index (χ1v) is 11.0. The lowest BCUT2D eigenvalue weighted by Gasteiger charge is -2.09. The maximum atomic E-state index is 11.3. The van der Waals surface area contributed by atoms with Crippen molar-refractivity contribution in [2.45, 2.75) is 123 Å². The molecule has 2 amide bonds. The minimum absolute atomic E-state index is 0.157. The highest BCUT2D eigenvalue weighted by atomic mass is 16.2. The molecule has 1 atom stereocenters. The lowest BCUT2D eigenvalue weighted by Crippen LogP contribution is -2.45. The van der Waals surface area contributed by atoms with Crippen molar-refractivity contribution < 1.29 is 4.79 Å². The molecular formula is C21H45N3O. The van der Waals surface area contributed by atoms with Gasteiger partial charge in [0, 0.05) is 6.54 Å². The van der Waals surface area contributed by atoms with Crippen molar-refractivity contribution in [3.05, 3.63) is 0 Å². The first-order chi connectivity index (χ1) is 12.2. The van der Waals surface area contributed by atoms with Gasteiger partial charge in [-0.15, -0.1) is 0 Å². The summed E-state index contributed by atoms with van der Waals surface area (Å²) in [5.41, 5.74) is 5.49. The third kappa shape index (κ3) is 21.2. The van der Waals surface area contributed by atoms with E-state index in [9.17, 15) is 4.79 Å². The van der Waals surface area contributed by atoms with E-state index in [-0.39, 0.29) is 12.2 Å². The van der Waals surface area contributed by atoms with Crippen molar-refractivity contribution in [1.82, 2.24) is 10.6 Å². The van der Waals surface area contributed by atoms with Crippen LogP contribution in [0.3, 0.4) is 0 Å². The van der Waals surface area contributed by atoms with Gasteiger partial charge in [0.1, 0.15) is 0 Å². The van der Waals surface area contributed by atoms with E-state index in [4.69, 9.17) is 5.73 Å². The SMILES string of the molecule is CCCCCCCCCCCCCCCCCCNC(=O)NC(C)N. The van der Waals surface area contributed by atoms with Crippen LogP contribution in [0, 0.1) is 0 Å². The fourth-order valence-electron chi connectivity index (χ4n) is 3.13. The Morgan fingerprint density at radius 1 is 0.720 bits per heavy atom. The molecule has 0 rings (SSSR count). The fourth-order valence-corrected chi connectivity index (χ4v) is 3.13. The van der Waals surface area contributed by atoms with Gasteiger partial charge in [-0.1, -0.05) is 103 Å². The van der Waals surface area contributed by atoms with Gasteiger partial charge in [0.05, 0.1) is 6.17 Å². The zero-order valence-electron chi connectivity index (χ0n) is 17.1. The van der Waals surface area contributed by atoms with Crippen LogP contribution in [0.5, 0.6) is 0 Å². The Hall–Kier alpha value is -0.770. The standard InChI is InChI=1S/C21H45N3O/c1-3-4-5-6-7-8-9-10-11-12-13-14-15-16-17-18-19-23-21(25)24-20(2)22/h20H,3-19,22H2,1-2H3,(H2,23,24,25). The number of hydrogen-bond acceptors (Lipinski definition) is 2. The molecular weight excluding hydrogens is 310 g/mol. The zero-order chi connectivity index (χ0) is 18.6. The molecule has 0 bridgehead atoms. The molecule has 0 aromatic rings. The molecule has 0 aromatic carbocycles. The minimum Gasteiger partial charge on any atom is -0.338 e. The molecule has 0 heterocycles. The summed E-state index contributed by atoms with van der Waals surface area (Å²) in [6.45, 7) is 4.79. The average molecular weight is 356 g/mol. The normalized spacial score (nSPS) is 12.1. The number of unbranched alkanes of at least 4 members (excludes halogenated alkanes) is 15. The summed E-state index contributed by atoms with van der Waals surface area (Å²) in [7, 11) is 0. The van der Waals surface area contributed by atoms with Gasteiger partial charge in [0.2, 0.25) is 0 Å². The second-order valence-corrected chi connectivity index (χ2v) is 7.49. The molecule has 0 saturated heterocycles. The van der Waals surface area contributed by atoms with E-state index in [0.717, 1.165) is 13.0 Å². The number of amides is 2. The summed E-state index contributed by atoms with van der Waals surface area (Å²) in [5, 5.41) is 5.46. The van der Waals surface area contributed by atoms with Crippen LogP contribution in [0.4, 0.5) is 4.79 Å². The van der Waals surface area contributed by atoms with Gasteiger partial charge in [-0.2, -0.15) is 0 Å². The van der Waals surface area contributed by atoms with E-state index < -0.39 is 0 Å². The van der Waals surface area contributed by atoms with Crippen molar-refractivity contribution in [3.8, 4) is 0 Å². The molecule has 0 aromatic heterocycles. The van der Waals surface area contributed by atoms with Crippen LogP contribution < -0.4 is 16.4 Å².